The molecule has 0 radical (unpaired) electrons. The lowest BCUT2D eigenvalue weighted by Crippen LogP contribution is -2.50. The maximum Gasteiger partial charge on any atom is 0.238 e. The Morgan fingerprint density at radius 2 is 1.94 bits per heavy atom. The molecular formula is C25H34N4O2. The van der Waals surface area contributed by atoms with Gasteiger partial charge in [0.2, 0.25) is 11.8 Å². The molecule has 0 aromatic heterocycles. The van der Waals surface area contributed by atoms with Crippen LogP contribution in [0.5, 0.6) is 0 Å². The highest BCUT2D eigenvalue weighted by molar-refractivity contribution is 5.83. The van der Waals surface area contributed by atoms with Crippen LogP contribution in [0.1, 0.15) is 68.9 Å². The number of benzene rings is 1. The molecule has 2 aliphatic heterocycles. The topological polar surface area (TPSA) is 85.2 Å². The molecule has 1 aromatic carbocycles. The number of likely N-dealkylation sites (tertiary alicyclic amines) is 1. The summed E-state index contributed by atoms with van der Waals surface area (Å²) in [6, 6.07) is 10.6. The second-order valence-corrected chi connectivity index (χ2v) is 9.46. The molecule has 2 heterocycles. The van der Waals surface area contributed by atoms with Crippen molar-refractivity contribution in [2.45, 2.75) is 82.3 Å². The largest absolute Gasteiger partial charge is 0.343 e. The van der Waals surface area contributed by atoms with E-state index in [0.29, 0.717) is 30.7 Å². The maximum absolute atomic E-state index is 12.6. The molecule has 4 rings (SSSR count). The summed E-state index contributed by atoms with van der Waals surface area (Å²) >= 11 is 0. The number of amides is 2. The van der Waals surface area contributed by atoms with Crippen LogP contribution in [0.15, 0.2) is 24.3 Å². The maximum atomic E-state index is 12.6. The number of nitrogens with zero attached hydrogens (tertiary/aromatic N) is 2. The van der Waals surface area contributed by atoms with Crippen molar-refractivity contribution in [2.75, 3.05) is 13.1 Å². The first-order valence-corrected chi connectivity index (χ1v) is 11.9. The van der Waals surface area contributed by atoms with Gasteiger partial charge in [0.15, 0.2) is 0 Å². The van der Waals surface area contributed by atoms with Gasteiger partial charge in [-0.3, -0.25) is 9.59 Å². The Balaban J connectivity index is 1.27. The number of piperidine rings is 2. The zero-order valence-electron chi connectivity index (χ0n) is 18.5. The van der Waals surface area contributed by atoms with Gasteiger partial charge in [-0.1, -0.05) is 31.2 Å². The van der Waals surface area contributed by atoms with Crippen molar-refractivity contribution in [1.29, 1.82) is 5.26 Å². The first-order chi connectivity index (χ1) is 15.1. The highest BCUT2D eigenvalue weighted by Gasteiger charge is 2.43. The average Bonchev–Trinajstić information content (AvgIpc) is 3.43. The minimum Gasteiger partial charge on any atom is -0.343 e. The summed E-state index contributed by atoms with van der Waals surface area (Å²) in [5.74, 6) is 1.16. The van der Waals surface area contributed by atoms with E-state index in [9.17, 15) is 14.9 Å². The molecule has 1 saturated carbocycles. The standard InChI is InChI=1S/C25H34N4O2/c1-2-3-23(30)29-12-10-19(11-13-29)18-6-4-17(5-7-18)14-22(16-26)28-25(31)24-20-8-9-21(15-20)27-24/h4-7,19-22,24,27H,2-3,8-15H2,1H3,(H,28,31)/t20?,21-,22+,24+/m1/s1. The molecule has 1 aromatic rings. The van der Waals surface area contributed by atoms with Gasteiger partial charge in [-0.05, 0) is 61.5 Å². The Morgan fingerprint density at radius 1 is 1.19 bits per heavy atom. The van der Waals surface area contributed by atoms with Crippen molar-refractivity contribution in [2.24, 2.45) is 5.92 Å². The Bertz CT molecular complexity index is 823. The van der Waals surface area contributed by atoms with Crippen molar-refractivity contribution >= 4 is 11.8 Å². The molecule has 166 valence electrons. The van der Waals surface area contributed by atoms with Crippen LogP contribution in [0.4, 0.5) is 0 Å². The van der Waals surface area contributed by atoms with Crippen molar-refractivity contribution in [1.82, 2.24) is 15.5 Å². The summed E-state index contributed by atoms with van der Waals surface area (Å²) in [6.07, 6.45) is 7.44. The number of fused-ring (bicyclic) bond motifs is 2. The number of hydrogen-bond donors (Lipinski definition) is 2. The van der Waals surface area contributed by atoms with E-state index in [1.54, 1.807) is 0 Å². The average molecular weight is 423 g/mol. The molecular weight excluding hydrogens is 388 g/mol. The predicted molar refractivity (Wildman–Crippen MR) is 119 cm³/mol. The zero-order chi connectivity index (χ0) is 21.8. The Morgan fingerprint density at radius 3 is 2.52 bits per heavy atom. The molecule has 3 fully saturated rings. The highest BCUT2D eigenvalue weighted by atomic mass is 16.2. The summed E-state index contributed by atoms with van der Waals surface area (Å²) in [5.41, 5.74) is 2.36. The molecule has 1 aliphatic carbocycles. The van der Waals surface area contributed by atoms with Gasteiger partial charge >= 0.3 is 0 Å². The van der Waals surface area contributed by atoms with Crippen molar-refractivity contribution < 1.29 is 9.59 Å². The van der Waals surface area contributed by atoms with Gasteiger partial charge in [0.25, 0.3) is 0 Å². The first-order valence-electron chi connectivity index (χ1n) is 11.9. The fourth-order valence-corrected chi connectivity index (χ4v) is 5.54. The second-order valence-electron chi connectivity index (χ2n) is 9.46. The highest BCUT2D eigenvalue weighted by Crippen LogP contribution is 2.35. The van der Waals surface area contributed by atoms with Gasteiger partial charge in [0, 0.05) is 32.0 Å². The summed E-state index contributed by atoms with van der Waals surface area (Å²) < 4.78 is 0. The third-order valence-corrected chi connectivity index (χ3v) is 7.32. The van der Waals surface area contributed by atoms with E-state index in [-0.39, 0.29) is 17.9 Å². The number of carbonyl (C=O) groups excluding carboxylic acids is 2. The van der Waals surface area contributed by atoms with Crippen LogP contribution in [0, 0.1) is 17.2 Å². The van der Waals surface area contributed by atoms with Crippen molar-refractivity contribution in [3.05, 3.63) is 35.4 Å². The summed E-state index contributed by atoms with van der Waals surface area (Å²) in [5, 5.41) is 15.9. The molecule has 2 amide bonds. The fourth-order valence-electron chi connectivity index (χ4n) is 5.54. The molecule has 2 bridgehead atoms. The Kier molecular flexibility index (Phi) is 6.92. The number of carbonyl (C=O) groups is 2. The van der Waals surface area contributed by atoms with E-state index < -0.39 is 6.04 Å². The lowest BCUT2D eigenvalue weighted by molar-refractivity contribution is -0.132. The first kappa shape index (κ1) is 21.8. The van der Waals surface area contributed by atoms with E-state index in [1.165, 1.54) is 5.56 Å². The molecule has 1 unspecified atom stereocenters. The van der Waals surface area contributed by atoms with Crippen LogP contribution >= 0.6 is 0 Å². The van der Waals surface area contributed by atoms with E-state index >= 15 is 0 Å². The fraction of sp³-hybridized carbons (Fsp3) is 0.640. The van der Waals surface area contributed by atoms with E-state index in [0.717, 1.165) is 57.2 Å². The SMILES string of the molecule is CCCC(=O)N1CCC(c2ccc(C[C@@H](C#N)NC(=O)[C@H]3N[C@@H]4CCC3C4)cc2)CC1. The van der Waals surface area contributed by atoms with Crippen LogP contribution in [-0.4, -0.2) is 47.9 Å². The van der Waals surface area contributed by atoms with Gasteiger partial charge < -0.3 is 15.5 Å². The summed E-state index contributed by atoms with van der Waals surface area (Å²) in [6.45, 7) is 3.72. The number of nitriles is 1. The summed E-state index contributed by atoms with van der Waals surface area (Å²) in [7, 11) is 0. The smallest absolute Gasteiger partial charge is 0.238 e. The molecule has 6 nitrogen and oxygen atoms in total. The number of hydrogen-bond acceptors (Lipinski definition) is 4. The molecule has 31 heavy (non-hydrogen) atoms. The lowest BCUT2D eigenvalue weighted by Gasteiger charge is -2.32. The van der Waals surface area contributed by atoms with E-state index in [2.05, 4.69) is 41.0 Å². The Labute approximate surface area is 185 Å². The van der Waals surface area contributed by atoms with Gasteiger partial charge in [0.1, 0.15) is 6.04 Å². The minimum absolute atomic E-state index is 0.0280. The van der Waals surface area contributed by atoms with Crippen LogP contribution < -0.4 is 10.6 Å². The van der Waals surface area contributed by atoms with Crippen LogP contribution in [0.25, 0.3) is 0 Å². The van der Waals surface area contributed by atoms with Gasteiger partial charge in [-0.2, -0.15) is 5.26 Å². The van der Waals surface area contributed by atoms with Crippen molar-refractivity contribution in [3.63, 3.8) is 0 Å². The lowest BCUT2D eigenvalue weighted by atomic mass is 9.88. The molecule has 4 atom stereocenters. The predicted octanol–water partition coefficient (Wildman–Crippen LogP) is 2.88. The van der Waals surface area contributed by atoms with Crippen molar-refractivity contribution in [3.8, 4) is 6.07 Å². The monoisotopic (exact) mass is 422 g/mol. The summed E-state index contributed by atoms with van der Waals surface area (Å²) in [4.78, 5) is 26.7. The zero-order valence-corrected chi connectivity index (χ0v) is 18.5. The Hall–Kier alpha value is -2.39. The van der Waals surface area contributed by atoms with Crippen LogP contribution in [-0.2, 0) is 16.0 Å². The minimum atomic E-state index is -0.507. The van der Waals surface area contributed by atoms with E-state index in [4.69, 9.17) is 0 Å². The molecule has 2 saturated heterocycles. The van der Waals surface area contributed by atoms with E-state index in [1.807, 2.05) is 11.8 Å². The van der Waals surface area contributed by atoms with Gasteiger partial charge in [-0.25, -0.2) is 0 Å². The van der Waals surface area contributed by atoms with Gasteiger partial charge in [-0.15, -0.1) is 0 Å². The van der Waals surface area contributed by atoms with Crippen LogP contribution in [0.2, 0.25) is 0 Å². The molecule has 3 aliphatic rings. The van der Waals surface area contributed by atoms with Gasteiger partial charge in [0.05, 0.1) is 12.1 Å². The second kappa shape index (κ2) is 9.82. The number of nitrogens with one attached hydrogen (secondary N) is 2. The third-order valence-electron chi connectivity index (χ3n) is 7.32. The number of rotatable bonds is 7. The van der Waals surface area contributed by atoms with Crippen LogP contribution in [0.3, 0.4) is 0 Å². The quantitative estimate of drug-likeness (QED) is 0.708. The molecule has 6 heteroatoms. The molecule has 2 N–H and O–H groups in total. The molecule has 0 spiro atoms. The third kappa shape index (κ3) is 5.10. The normalized spacial score (nSPS) is 26.5.